The van der Waals surface area contributed by atoms with Crippen LogP contribution in [0.4, 0.5) is 0 Å². The van der Waals surface area contributed by atoms with Crippen molar-refractivity contribution in [3.05, 3.63) is 0 Å². The fourth-order valence-electron chi connectivity index (χ4n) is 2.18. The van der Waals surface area contributed by atoms with Crippen molar-refractivity contribution in [3.8, 4) is 0 Å². The number of carboxylic acids is 1. The van der Waals surface area contributed by atoms with Crippen LogP contribution in [0.5, 0.6) is 0 Å². The standard InChI is InChI=1S/C14H28N2O3/c1-6-8-9-10-12(17)15-14(11-7-2,13(18)19)16(3,4)5/h6-11H2,1-5H3,(H-,15,17,18,19). The summed E-state index contributed by atoms with van der Waals surface area (Å²) in [7, 11) is 5.29. The highest BCUT2D eigenvalue weighted by atomic mass is 16.4. The van der Waals surface area contributed by atoms with Gasteiger partial charge in [-0.2, -0.15) is 0 Å². The average molecular weight is 272 g/mol. The van der Waals surface area contributed by atoms with Crippen molar-refractivity contribution >= 4 is 11.9 Å². The van der Waals surface area contributed by atoms with Crippen LogP contribution in [0.15, 0.2) is 0 Å². The minimum absolute atomic E-state index is 0.114. The number of rotatable bonds is 9. The number of quaternary nitrogens is 1. The molecule has 0 aliphatic rings. The Kier molecular flexibility index (Phi) is 7.05. The lowest BCUT2D eigenvalue weighted by Crippen LogP contribution is -2.74. The lowest BCUT2D eigenvalue weighted by Gasteiger charge is -2.46. The van der Waals surface area contributed by atoms with E-state index in [0.29, 0.717) is 19.3 Å². The summed E-state index contributed by atoms with van der Waals surface area (Å²) in [6.07, 6.45) is 4.19. The van der Waals surface area contributed by atoms with Gasteiger partial charge in [-0.1, -0.05) is 26.7 Å². The molecule has 1 unspecified atom stereocenters. The van der Waals surface area contributed by atoms with Gasteiger partial charge in [-0.05, 0) is 12.8 Å². The van der Waals surface area contributed by atoms with Crippen molar-refractivity contribution in [3.63, 3.8) is 0 Å². The first kappa shape index (κ1) is 17.9. The molecule has 1 amide bonds. The van der Waals surface area contributed by atoms with Gasteiger partial charge in [0.1, 0.15) is 5.97 Å². The maximum absolute atomic E-state index is 11.9. The van der Waals surface area contributed by atoms with Gasteiger partial charge in [0, 0.05) is 12.8 Å². The topological polar surface area (TPSA) is 69.2 Å². The Balaban J connectivity index is 4.95. The molecule has 0 bridgehead atoms. The zero-order chi connectivity index (χ0) is 15.1. The van der Waals surface area contributed by atoms with Gasteiger partial charge in [-0.25, -0.2) is 0 Å². The second-order valence-electron chi connectivity index (χ2n) is 5.92. The molecule has 0 saturated heterocycles. The molecule has 5 heteroatoms. The van der Waals surface area contributed by atoms with Crippen molar-refractivity contribution < 1.29 is 19.2 Å². The van der Waals surface area contributed by atoms with Crippen molar-refractivity contribution in [1.29, 1.82) is 0 Å². The van der Waals surface area contributed by atoms with E-state index in [-0.39, 0.29) is 10.4 Å². The van der Waals surface area contributed by atoms with E-state index in [9.17, 15) is 14.7 Å². The molecular weight excluding hydrogens is 244 g/mol. The first-order valence-corrected chi connectivity index (χ1v) is 7.05. The largest absolute Gasteiger partial charge is 0.542 e. The Morgan fingerprint density at radius 2 is 1.68 bits per heavy atom. The Hall–Kier alpha value is -1.10. The summed E-state index contributed by atoms with van der Waals surface area (Å²) < 4.78 is 0.114. The van der Waals surface area contributed by atoms with Gasteiger partial charge in [-0.3, -0.25) is 10.1 Å². The normalized spacial score (nSPS) is 14.8. The smallest absolute Gasteiger partial charge is 0.224 e. The molecule has 0 aliphatic heterocycles. The first-order chi connectivity index (χ1) is 8.71. The predicted octanol–water partition coefficient (Wildman–Crippen LogP) is 0.635. The van der Waals surface area contributed by atoms with E-state index in [4.69, 9.17) is 0 Å². The maximum atomic E-state index is 11.9. The Morgan fingerprint density at radius 3 is 2.05 bits per heavy atom. The van der Waals surface area contributed by atoms with Crippen LogP contribution in [0, 0.1) is 0 Å². The molecular formula is C14H28N2O3. The highest BCUT2D eigenvalue weighted by molar-refractivity contribution is 5.84. The van der Waals surface area contributed by atoms with Gasteiger partial charge in [-0.15, -0.1) is 0 Å². The number of hydrogen-bond acceptors (Lipinski definition) is 3. The Morgan fingerprint density at radius 1 is 1.11 bits per heavy atom. The lowest BCUT2D eigenvalue weighted by molar-refractivity contribution is -0.919. The molecule has 0 aromatic carbocycles. The molecule has 0 aromatic heterocycles. The third-order valence-corrected chi connectivity index (χ3v) is 3.45. The summed E-state index contributed by atoms with van der Waals surface area (Å²) in [4.78, 5) is 23.5. The van der Waals surface area contributed by atoms with Crippen LogP contribution >= 0.6 is 0 Å². The third kappa shape index (κ3) is 4.82. The number of likely N-dealkylation sites (N-methyl/N-ethyl adjacent to an activating group) is 1. The van der Waals surface area contributed by atoms with E-state index in [0.717, 1.165) is 19.3 Å². The van der Waals surface area contributed by atoms with Crippen LogP contribution in [0.25, 0.3) is 0 Å². The van der Waals surface area contributed by atoms with Crippen molar-refractivity contribution in [2.45, 2.75) is 58.0 Å². The van der Waals surface area contributed by atoms with Gasteiger partial charge < -0.3 is 14.4 Å². The van der Waals surface area contributed by atoms with Crippen molar-refractivity contribution in [2.24, 2.45) is 0 Å². The summed E-state index contributed by atoms with van der Waals surface area (Å²) in [6, 6.07) is 0. The summed E-state index contributed by atoms with van der Waals surface area (Å²) >= 11 is 0. The molecule has 19 heavy (non-hydrogen) atoms. The SMILES string of the molecule is CCCCCC(=O)NC(CCC)(C(=O)[O-])[N+](C)(C)C. The van der Waals surface area contributed by atoms with Gasteiger partial charge in [0.15, 0.2) is 0 Å². The number of nitrogens with zero attached hydrogens (tertiary/aromatic N) is 1. The highest BCUT2D eigenvalue weighted by Gasteiger charge is 2.45. The molecule has 5 nitrogen and oxygen atoms in total. The number of nitrogens with one attached hydrogen (secondary N) is 1. The molecule has 0 rings (SSSR count). The molecule has 0 spiro atoms. The van der Waals surface area contributed by atoms with Crippen LogP contribution in [0.2, 0.25) is 0 Å². The minimum Gasteiger partial charge on any atom is -0.542 e. The summed E-state index contributed by atoms with van der Waals surface area (Å²) in [5.41, 5.74) is -1.35. The van der Waals surface area contributed by atoms with Gasteiger partial charge >= 0.3 is 0 Å². The lowest BCUT2D eigenvalue weighted by atomic mass is 10.00. The Labute approximate surface area is 116 Å². The fourth-order valence-corrected chi connectivity index (χ4v) is 2.18. The van der Waals surface area contributed by atoms with Crippen LogP contribution < -0.4 is 10.4 Å². The average Bonchev–Trinajstić information content (AvgIpc) is 2.26. The van der Waals surface area contributed by atoms with E-state index in [1.807, 2.05) is 6.92 Å². The number of aliphatic carboxylic acids is 1. The van der Waals surface area contributed by atoms with Gasteiger partial charge in [0.25, 0.3) is 0 Å². The summed E-state index contributed by atoms with van der Waals surface area (Å²) in [6.45, 7) is 3.96. The molecule has 112 valence electrons. The minimum atomic E-state index is -1.35. The predicted molar refractivity (Wildman–Crippen MR) is 73.0 cm³/mol. The molecule has 1 atom stereocenters. The van der Waals surface area contributed by atoms with Gasteiger partial charge in [0.2, 0.25) is 11.6 Å². The second kappa shape index (κ2) is 7.48. The van der Waals surface area contributed by atoms with Crippen molar-refractivity contribution in [1.82, 2.24) is 5.32 Å². The molecule has 0 saturated carbocycles. The molecule has 1 N–H and O–H groups in total. The Bertz CT molecular complexity index is 310. The van der Waals surface area contributed by atoms with Crippen LogP contribution in [0.3, 0.4) is 0 Å². The monoisotopic (exact) mass is 272 g/mol. The summed E-state index contributed by atoms with van der Waals surface area (Å²) in [5.74, 6) is -1.43. The van der Waals surface area contributed by atoms with Crippen LogP contribution in [-0.2, 0) is 9.59 Å². The second-order valence-corrected chi connectivity index (χ2v) is 5.92. The van der Waals surface area contributed by atoms with Crippen LogP contribution in [-0.4, -0.2) is 43.2 Å². The van der Waals surface area contributed by atoms with E-state index in [1.54, 1.807) is 21.1 Å². The first-order valence-electron chi connectivity index (χ1n) is 7.05. The zero-order valence-corrected chi connectivity index (χ0v) is 12.9. The summed E-state index contributed by atoms with van der Waals surface area (Å²) in [5, 5.41) is 14.3. The quantitative estimate of drug-likeness (QED) is 0.380. The van der Waals surface area contributed by atoms with E-state index in [1.165, 1.54) is 0 Å². The molecule has 0 aliphatic carbocycles. The number of carboxylic acid groups (broad SMARTS) is 1. The molecule has 0 aromatic rings. The fraction of sp³-hybridized carbons (Fsp3) is 0.857. The maximum Gasteiger partial charge on any atom is 0.224 e. The van der Waals surface area contributed by atoms with E-state index < -0.39 is 11.6 Å². The molecule has 0 radical (unpaired) electrons. The van der Waals surface area contributed by atoms with Gasteiger partial charge in [0.05, 0.1) is 21.1 Å². The number of carbonyl (C=O) groups excluding carboxylic acids is 2. The zero-order valence-electron chi connectivity index (χ0n) is 12.9. The third-order valence-electron chi connectivity index (χ3n) is 3.45. The van der Waals surface area contributed by atoms with Crippen molar-refractivity contribution in [2.75, 3.05) is 21.1 Å². The number of hydrogen-bond donors (Lipinski definition) is 1. The number of unbranched alkanes of at least 4 members (excludes halogenated alkanes) is 2. The van der Waals surface area contributed by atoms with E-state index in [2.05, 4.69) is 12.2 Å². The number of carbonyl (C=O) groups is 2. The van der Waals surface area contributed by atoms with Crippen LogP contribution in [0.1, 0.15) is 52.4 Å². The van der Waals surface area contributed by atoms with E-state index >= 15 is 0 Å². The molecule has 0 heterocycles. The molecule has 0 fully saturated rings. The number of amides is 1. The highest BCUT2D eigenvalue weighted by Crippen LogP contribution is 2.22.